The fourth-order valence-corrected chi connectivity index (χ4v) is 5.50. The third-order valence-electron chi connectivity index (χ3n) is 9.15. The summed E-state index contributed by atoms with van der Waals surface area (Å²) < 4.78 is 0. The molecule has 1 aromatic carbocycles. The highest BCUT2D eigenvalue weighted by atomic mass is 16.4. The molecule has 0 aliphatic carbocycles. The van der Waals surface area contributed by atoms with Gasteiger partial charge in [0.05, 0.1) is 19.1 Å². The van der Waals surface area contributed by atoms with E-state index in [2.05, 4.69) is 31.9 Å². The highest BCUT2D eigenvalue weighted by molar-refractivity contribution is 5.98. The first-order valence-corrected chi connectivity index (χ1v) is 19.1. The number of aliphatic carboxylic acids is 2. The Morgan fingerprint density at radius 1 is 0.632 bits per heavy atom. The molecule has 0 spiro atoms. The number of hydrogen-bond acceptors (Lipinski definition) is 12. The first-order valence-electron chi connectivity index (χ1n) is 19.1. The number of nitrogens with one attached hydrogen (secondary N) is 6. The zero-order valence-electron chi connectivity index (χ0n) is 32.8. The lowest BCUT2D eigenvalue weighted by atomic mass is 9.97. The van der Waals surface area contributed by atoms with Gasteiger partial charge in [0.1, 0.15) is 36.3 Å². The Kier molecular flexibility index (Phi) is 23.3. The quantitative estimate of drug-likeness (QED) is 0.0385. The maximum absolute atomic E-state index is 13.7. The Morgan fingerprint density at radius 2 is 1.14 bits per heavy atom. The molecule has 0 heterocycles. The SMILES string of the molecule is CC[C@H](C)[C@H](NC(=O)[C@H](CCCCN)NC(=O)[C@H](CC(=O)O)NC(=O)[C@H](CO)NC(=O)[C@@H](N)Cc1ccccc1)C(=O)N[C@@H](C)C(=O)N[C@@H](CCCCN)C(=O)O. The Labute approximate surface area is 332 Å². The lowest BCUT2D eigenvalue weighted by molar-refractivity contribution is -0.143. The number of hydrogen-bond donors (Lipinski definition) is 12. The van der Waals surface area contributed by atoms with Crippen molar-refractivity contribution in [3.05, 3.63) is 35.9 Å². The maximum atomic E-state index is 13.7. The molecule has 0 unspecified atom stereocenters. The van der Waals surface area contributed by atoms with E-state index >= 15 is 0 Å². The highest BCUT2D eigenvalue weighted by Gasteiger charge is 2.35. The molecule has 20 heteroatoms. The van der Waals surface area contributed by atoms with E-state index < -0.39 is 109 Å². The number of carbonyl (C=O) groups excluding carboxylic acids is 6. The predicted octanol–water partition coefficient (Wildman–Crippen LogP) is -2.66. The van der Waals surface area contributed by atoms with Gasteiger partial charge in [0.15, 0.2) is 0 Å². The van der Waals surface area contributed by atoms with Crippen LogP contribution in [0.15, 0.2) is 30.3 Å². The van der Waals surface area contributed by atoms with Gasteiger partial charge in [0.25, 0.3) is 0 Å². The molecule has 0 aromatic heterocycles. The van der Waals surface area contributed by atoms with E-state index in [0.717, 1.165) is 5.56 Å². The number of aliphatic hydroxyl groups is 1. The summed E-state index contributed by atoms with van der Waals surface area (Å²) in [6.07, 6.45) is 1.44. The highest BCUT2D eigenvalue weighted by Crippen LogP contribution is 2.11. The van der Waals surface area contributed by atoms with Gasteiger partial charge < -0.3 is 64.4 Å². The number of nitrogens with two attached hydrogens (primary N) is 3. The Morgan fingerprint density at radius 3 is 1.67 bits per heavy atom. The van der Waals surface area contributed by atoms with Crippen LogP contribution >= 0.6 is 0 Å². The van der Waals surface area contributed by atoms with E-state index in [9.17, 15) is 53.7 Å². The van der Waals surface area contributed by atoms with Crippen molar-refractivity contribution in [3.8, 4) is 0 Å². The van der Waals surface area contributed by atoms with Crippen LogP contribution in [-0.2, 0) is 44.8 Å². The number of carboxylic acids is 2. The fraction of sp³-hybridized carbons (Fsp3) is 0.622. The van der Waals surface area contributed by atoms with E-state index in [1.807, 2.05) is 0 Å². The molecule has 57 heavy (non-hydrogen) atoms. The number of unbranched alkanes of at least 4 members (excludes halogenated alkanes) is 2. The molecule has 1 rings (SSSR count). The molecule has 0 bridgehead atoms. The number of rotatable bonds is 28. The third kappa shape index (κ3) is 18.5. The smallest absolute Gasteiger partial charge is 0.326 e. The zero-order valence-corrected chi connectivity index (χ0v) is 32.8. The summed E-state index contributed by atoms with van der Waals surface area (Å²) in [4.78, 5) is 103. The van der Waals surface area contributed by atoms with Gasteiger partial charge in [-0.3, -0.25) is 33.6 Å². The summed E-state index contributed by atoms with van der Waals surface area (Å²) in [6, 6.07) is -0.722. The lowest BCUT2D eigenvalue weighted by Gasteiger charge is -2.29. The normalized spacial score (nSPS) is 15.2. The van der Waals surface area contributed by atoms with Crippen LogP contribution in [0, 0.1) is 5.92 Å². The average Bonchev–Trinajstić information content (AvgIpc) is 3.17. The monoisotopic (exact) mass is 807 g/mol. The van der Waals surface area contributed by atoms with Crippen LogP contribution in [0.3, 0.4) is 0 Å². The minimum atomic E-state index is -1.78. The van der Waals surface area contributed by atoms with Crippen molar-refractivity contribution in [2.75, 3.05) is 19.7 Å². The molecule has 1 aromatic rings. The van der Waals surface area contributed by atoms with E-state index in [1.165, 1.54) is 6.92 Å². The second kappa shape index (κ2) is 26.6. The van der Waals surface area contributed by atoms with E-state index in [1.54, 1.807) is 44.2 Å². The van der Waals surface area contributed by atoms with Gasteiger partial charge in [-0.1, -0.05) is 50.6 Å². The number of carbonyl (C=O) groups is 8. The van der Waals surface area contributed by atoms with Crippen LogP contribution in [0.5, 0.6) is 0 Å². The first-order chi connectivity index (χ1) is 27.0. The molecule has 15 N–H and O–H groups in total. The number of carboxylic acid groups (broad SMARTS) is 2. The summed E-state index contributed by atoms with van der Waals surface area (Å²) >= 11 is 0. The van der Waals surface area contributed by atoms with Crippen LogP contribution in [0.1, 0.15) is 77.7 Å². The topological polar surface area (TPSA) is 347 Å². The van der Waals surface area contributed by atoms with Gasteiger partial charge in [-0.15, -0.1) is 0 Å². The second-order valence-corrected chi connectivity index (χ2v) is 13.8. The fourth-order valence-electron chi connectivity index (χ4n) is 5.50. The van der Waals surface area contributed by atoms with Crippen LogP contribution in [0.2, 0.25) is 0 Å². The lowest BCUT2D eigenvalue weighted by Crippen LogP contribution is -2.61. The Hall–Kier alpha value is -5.18. The second-order valence-electron chi connectivity index (χ2n) is 13.8. The van der Waals surface area contributed by atoms with E-state index in [-0.39, 0.29) is 25.8 Å². The minimum Gasteiger partial charge on any atom is -0.481 e. The van der Waals surface area contributed by atoms with Gasteiger partial charge in [-0.2, -0.15) is 0 Å². The van der Waals surface area contributed by atoms with Crippen LogP contribution in [0.4, 0.5) is 0 Å². The molecule has 8 atom stereocenters. The standard InChI is InChI=1S/C37H61N9O11/c1-4-21(2)30(36(55)41-22(3)31(50)43-26(37(56)57)15-9-11-17-39)46-33(52)25(14-8-10-16-38)42-34(53)27(19-29(48)49)44-35(54)28(20-47)45-32(51)24(40)18-23-12-6-5-7-13-23/h5-7,12-13,21-22,24-28,30,47H,4,8-11,14-20,38-40H2,1-3H3,(H,41,55)(H,42,53)(H,43,50)(H,44,54)(H,45,51)(H,46,52)(H,48,49)(H,56,57)/t21-,22-,24-,25-,26-,27-,28-,30-/m0/s1. The van der Waals surface area contributed by atoms with Gasteiger partial charge in [-0.25, -0.2) is 4.79 Å². The Bertz CT molecular complexity index is 1480. The number of aliphatic hydroxyl groups excluding tert-OH is 1. The van der Waals surface area contributed by atoms with Gasteiger partial charge in [0.2, 0.25) is 35.4 Å². The van der Waals surface area contributed by atoms with Crippen molar-refractivity contribution in [2.24, 2.45) is 23.1 Å². The summed E-state index contributed by atoms with van der Waals surface area (Å²) in [5, 5.41) is 43.4. The Balaban J connectivity index is 3.14. The molecule has 0 aliphatic rings. The van der Waals surface area contributed by atoms with Gasteiger partial charge >= 0.3 is 11.9 Å². The molecule has 6 amide bonds. The van der Waals surface area contributed by atoms with Crippen LogP contribution < -0.4 is 49.1 Å². The maximum Gasteiger partial charge on any atom is 0.326 e. The summed E-state index contributed by atoms with van der Waals surface area (Å²) in [6.45, 7) is 4.44. The van der Waals surface area contributed by atoms with Crippen molar-refractivity contribution >= 4 is 47.4 Å². The molecule has 320 valence electrons. The molecule has 0 saturated carbocycles. The largest absolute Gasteiger partial charge is 0.481 e. The number of benzene rings is 1. The predicted molar refractivity (Wildman–Crippen MR) is 208 cm³/mol. The van der Waals surface area contributed by atoms with E-state index in [4.69, 9.17) is 17.2 Å². The molecule has 0 saturated heterocycles. The molecular weight excluding hydrogens is 746 g/mol. The molecule has 0 aliphatic heterocycles. The zero-order chi connectivity index (χ0) is 43.1. The van der Waals surface area contributed by atoms with Gasteiger partial charge in [-0.05, 0) is 76.4 Å². The third-order valence-corrected chi connectivity index (χ3v) is 9.15. The van der Waals surface area contributed by atoms with Crippen molar-refractivity contribution in [1.82, 2.24) is 31.9 Å². The van der Waals surface area contributed by atoms with Crippen LogP contribution in [-0.4, -0.2) is 125 Å². The average molecular weight is 808 g/mol. The summed E-state index contributed by atoms with van der Waals surface area (Å²) in [7, 11) is 0. The van der Waals surface area contributed by atoms with Crippen molar-refractivity contribution < 1.29 is 53.7 Å². The van der Waals surface area contributed by atoms with Crippen LogP contribution in [0.25, 0.3) is 0 Å². The van der Waals surface area contributed by atoms with Gasteiger partial charge in [0, 0.05) is 0 Å². The van der Waals surface area contributed by atoms with Crippen molar-refractivity contribution in [1.29, 1.82) is 0 Å². The molecule has 0 fully saturated rings. The summed E-state index contributed by atoms with van der Waals surface area (Å²) in [5.41, 5.74) is 17.8. The van der Waals surface area contributed by atoms with E-state index in [0.29, 0.717) is 38.6 Å². The molecular formula is C37H61N9O11. The minimum absolute atomic E-state index is 0.00841. The van der Waals surface area contributed by atoms with Crippen molar-refractivity contribution in [3.63, 3.8) is 0 Å². The summed E-state index contributed by atoms with van der Waals surface area (Å²) in [5.74, 6) is -8.59. The first kappa shape index (κ1) is 49.8. The molecule has 0 radical (unpaired) electrons. The molecule has 20 nitrogen and oxygen atoms in total. The number of amides is 6. The van der Waals surface area contributed by atoms with Crippen molar-refractivity contribution in [2.45, 2.75) is 121 Å².